The van der Waals surface area contributed by atoms with E-state index in [-0.39, 0.29) is 0 Å². The molecule has 1 nitrogen and oxygen atoms in total. The van der Waals surface area contributed by atoms with Crippen molar-refractivity contribution in [3.05, 3.63) is 194 Å². The predicted molar refractivity (Wildman–Crippen MR) is 224 cm³/mol. The van der Waals surface area contributed by atoms with E-state index in [4.69, 9.17) is 0 Å². The first-order valence-electron chi connectivity index (χ1n) is 18.0. The van der Waals surface area contributed by atoms with Crippen LogP contribution in [0.3, 0.4) is 0 Å². The summed E-state index contributed by atoms with van der Waals surface area (Å²) in [6.07, 6.45) is 1.98. The van der Waals surface area contributed by atoms with Crippen molar-refractivity contribution in [3.63, 3.8) is 0 Å². The van der Waals surface area contributed by atoms with Gasteiger partial charge in [-0.3, -0.25) is 0 Å². The van der Waals surface area contributed by atoms with E-state index in [0.29, 0.717) is 0 Å². The van der Waals surface area contributed by atoms with Crippen LogP contribution in [0, 0.1) is 6.92 Å². The van der Waals surface area contributed by atoms with Crippen LogP contribution in [0.2, 0.25) is 0 Å². The molecule has 1 aromatic heterocycles. The van der Waals surface area contributed by atoms with Gasteiger partial charge in [-0.15, -0.1) is 0 Å². The lowest BCUT2D eigenvalue weighted by Crippen LogP contribution is -1.96. The second-order valence-electron chi connectivity index (χ2n) is 13.7. The van der Waals surface area contributed by atoms with Crippen molar-refractivity contribution in [1.29, 1.82) is 0 Å². The summed E-state index contributed by atoms with van der Waals surface area (Å²) in [5, 5.41) is 11.3. The number of aromatic nitrogens is 1. The Morgan fingerprint density at radius 2 is 0.904 bits per heavy atom. The third-order valence-electron chi connectivity index (χ3n) is 10.9. The van der Waals surface area contributed by atoms with E-state index in [0.717, 1.165) is 11.4 Å². The minimum atomic E-state index is 1.13. The Kier molecular flexibility index (Phi) is 6.94. The highest BCUT2D eigenvalue weighted by atomic mass is 15.0. The predicted octanol–water partition coefficient (Wildman–Crippen LogP) is 14.2. The molecule has 0 aliphatic rings. The summed E-state index contributed by atoms with van der Waals surface area (Å²) in [4.78, 5) is 0. The molecule has 0 saturated carbocycles. The Balaban J connectivity index is 1.30. The molecule has 0 radical (unpaired) electrons. The molecular formula is C51H35N. The van der Waals surface area contributed by atoms with Crippen LogP contribution in [0.1, 0.15) is 11.3 Å². The summed E-state index contributed by atoms with van der Waals surface area (Å²) in [5.74, 6) is 0. The summed E-state index contributed by atoms with van der Waals surface area (Å²) < 4.78 is 2.32. The molecule has 0 unspecified atom stereocenters. The maximum Gasteiger partial charge on any atom is 0.0537 e. The second-order valence-corrected chi connectivity index (χ2v) is 13.7. The smallest absolute Gasteiger partial charge is 0.0537 e. The Morgan fingerprint density at radius 1 is 0.423 bits per heavy atom. The molecule has 10 rings (SSSR count). The quantitative estimate of drug-likeness (QED) is 0.162. The van der Waals surface area contributed by atoms with Crippen molar-refractivity contribution in [2.75, 3.05) is 0 Å². The van der Waals surface area contributed by atoms with Gasteiger partial charge in [0.15, 0.2) is 0 Å². The summed E-state index contributed by atoms with van der Waals surface area (Å²) >= 11 is 0. The van der Waals surface area contributed by atoms with Crippen molar-refractivity contribution < 1.29 is 0 Å². The fourth-order valence-electron chi connectivity index (χ4n) is 8.57. The zero-order valence-corrected chi connectivity index (χ0v) is 29.0. The number of fused-ring (bicyclic) bond motifs is 5. The van der Waals surface area contributed by atoms with Crippen LogP contribution in [-0.2, 0) is 0 Å². The third kappa shape index (κ3) is 4.56. The fraction of sp³-hybridized carbons (Fsp3) is 0.0196. The summed E-state index contributed by atoms with van der Waals surface area (Å²) in [6.45, 7) is 6.42. The first-order chi connectivity index (χ1) is 25.7. The Morgan fingerprint density at radius 3 is 1.52 bits per heavy atom. The van der Waals surface area contributed by atoms with Crippen molar-refractivity contribution in [3.8, 4) is 39.1 Å². The molecule has 0 amide bonds. The zero-order chi connectivity index (χ0) is 34.8. The number of hydrogen-bond acceptors (Lipinski definition) is 0. The van der Waals surface area contributed by atoms with E-state index >= 15 is 0 Å². The second kappa shape index (κ2) is 12.0. The Hall–Kier alpha value is -6.70. The standard InChI is InChI=1S/C51H35N/c1-3-48-33(2)46-31-37(28-30-49(46)52(48)38-19-5-4-6-20-38)36-27-29-45-47(32-36)51(42-26-14-18-35-16-8-10-22-40(35)42)44-24-12-11-23-43(44)50(45)41-25-13-17-34-15-7-9-21-39(34)41/h3-32H,1H2,2H3. The molecule has 244 valence electrons. The molecule has 10 aromatic rings. The van der Waals surface area contributed by atoms with Crippen molar-refractivity contribution >= 4 is 60.1 Å². The average molecular weight is 662 g/mol. The van der Waals surface area contributed by atoms with Crippen LogP contribution in [0.4, 0.5) is 0 Å². The van der Waals surface area contributed by atoms with Gasteiger partial charge in [-0.2, -0.15) is 0 Å². The van der Waals surface area contributed by atoms with E-state index in [9.17, 15) is 0 Å². The molecule has 0 atom stereocenters. The summed E-state index contributed by atoms with van der Waals surface area (Å²) in [7, 11) is 0. The Bertz CT molecular complexity index is 3020. The molecule has 0 fully saturated rings. The first-order valence-corrected chi connectivity index (χ1v) is 18.0. The van der Waals surface area contributed by atoms with Gasteiger partial charge < -0.3 is 4.57 Å². The topological polar surface area (TPSA) is 4.93 Å². The zero-order valence-electron chi connectivity index (χ0n) is 29.0. The molecule has 0 spiro atoms. The van der Waals surface area contributed by atoms with Crippen molar-refractivity contribution in [2.24, 2.45) is 0 Å². The molecule has 52 heavy (non-hydrogen) atoms. The molecule has 1 heteroatoms. The molecular weight excluding hydrogens is 627 g/mol. The highest BCUT2D eigenvalue weighted by molar-refractivity contribution is 6.25. The number of para-hydroxylation sites is 1. The van der Waals surface area contributed by atoms with Gasteiger partial charge in [0, 0.05) is 16.8 Å². The van der Waals surface area contributed by atoms with Gasteiger partial charge in [-0.1, -0.05) is 152 Å². The Labute approximate surface area is 303 Å². The van der Waals surface area contributed by atoms with E-state index < -0.39 is 0 Å². The average Bonchev–Trinajstić information content (AvgIpc) is 3.50. The number of benzene rings is 9. The maximum atomic E-state index is 4.20. The van der Waals surface area contributed by atoms with Gasteiger partial charge in [0.1, 0.15) is 0 Å². The van der Waals surface area contributed by atoms with Gasteiger partial charge in [-0.25, -0.2) is 0 Å². The minimum Gasteiger partial charge on any atom is -0.310 e. The SMILES string of the molecule is C=Cc1c(C)c2cc(-c3ccc4c(-c5cccc6ccccc56)c5ccccc5c(-c5cccc6ccccc56)c4c3)ccc2n1-c1ccccc1. The molecule has 0 aliphatic carbocycles. The third-order valence-corrected chi connectivity index (χ3v) is 10.9. The molecule has 0 bridgehead atoms. The summed E-state index contributed by atoms with van der Waals surface area (Å²) in [6, 6.07) is 64.5. The van der Waals surface area contributed by atoms with Crippen LogP contribution >= 0.6 is 0 Å². The van der Waals surface area contributed by atoms with Crippen LogP contribution in [-0.4, -0.2) is 4.57 Å². The number of hydrogen-bond donors (Lipinski definition) is 0. The van der Waals surface area contributed by atoms with Crippen LogP contribution in [0.15, 0.2) is 183 Å². The normalized spacial score (nSPS) is 11.6. The van der Waals surface area contributed by atoms with E-state index in [1.54, 1.807) is 0 Å². The van der Waals surface area contributed by atoms with Gasteiger partial charge in [-0.05, 0) is 125 Å². The van der Waals surface area contributed by atoms with Crippen LogP contribution < -0.4 is 0 Å². The first kappa shape index (κ1) is 30.2. The molecule has 0 aliphatic heterocycles. The number of aryl methyl sites for hydroxylation is 1. The molecule has 0 N–H and O–H groups in total. The number of nitrogens with zero attached hydrogens (tertiary/aromatic N) is 1. The maximum absolute atomic E-state index is 4.20. The van der Waals surface area contributed by atoms with Gasteiger partial charge in [0.2, 0.25) is 0 Å². The van der Waals surface area contributed by atoms with Gasteiger partial charge in [0.05, 0.1) is 5.52 Å². The van der Waals surface area contributed by atoms with E-state index in [2.05, 4.69) is 194 Å². The monoisotopic (exact) mass is 661 g/mol. The minimum absolute atomic E-state index is 1.13. The van der Waals surface area contributed by atoms with Gasteiger partial charge in [0.25, 0.3) is 0 Å². The van der Waals surface area contributed by atoms with Gasteiger partial charge >= 0.3 is 0 Å². The summed E-state index contributed by atoms with van der Waals surface area (Å²) in [5.41, 5.74) is 12.1. The number of rotatable bonds is 5. The molecule has 9 aromatic carbocycles. The van der Waals surface area contributed by atoms with Crippen molar-refractivity contribution in [2.45, 2.75) is 6.92 Å². The lowest BCUT2D eigenvalue weighted by Gasteiger charge is -2.20. The highest BCUT2D eigenvalue weighted by Gasteiger charge is 2.21. The molecule has 1 heterocycles. The fourth-order valence-corrected chi connectivity index (χ4v) is 8.57. The van der Waals surface area contributed by atoms with E-state index in [1.165, 1.54) is 92.9 Å². The molecule has 0 saturated heterocycles. The lowest BCUT2D eigenvalue weighted by molar-refractivity contribution is 1.10. The van der Waals surface area contributed by atoms with E-state index in [1.807, 2.05) is 6.08 Å². The lowest BCUT2D eigenvalue weighted by atomic mass is 9.83. The highest BCUT2D eigenvalue weighted by Crippen LogP contribution is 2.47. The largest absolute Gasteiger partial charge is 0.310 e. The van der Waals surface area contributed by atoms with Crippen molar-refractivity contribution in [1.82, 2.24) is 4.57 Å². The van der Waals surface area contributed by atoms with Crippen LogP contribution in [0.5, 0.6) is 0 Å². The van der Waals surface area contributed by atoms with Crippen LogP contribution in [0.25, 0.3) is 99.1 Å².